The minimum atomic E-state index is 0.0905. The Hall–Kier alpha value is -2.34. The van der Waals surface area contributed by atoms with Crippen molar-refractivity contribution in [3.8, 4) is 11.5 Å². The van der Waals surface area contributed by atoms with Crippen LogP contribution in [0, 0.1) is 5.92 Å². The molecule has 0 radical (unpaired) electrons. The molecular weight excluding hydrogens is 328 g/mol. The Morgan fingerprint density at radius 1 is 1.04 bits per heavy atom. The zero-order valence-electron chi connectivity index (χ0n) is 15.3. The van der Waals surface area contributed by atoms with Crippen LogP contribution in [0.5, 0.6) is 11.5 Å². The van der Waals surface area contributed by atoms with Gasteiger partial charge in [-0.25, -0.2) is 9.97 Å². The molecule has 1 unspecified atom stereocenters. The summed E-state index contributed by atoms with van der Waals surface area (Å²) in [6, 6.07) is 9.75. The number of likely N-dealkylation sites (N-methyl/N-ethyl adjacent to an activating group) is 1. The van der Waals surface area contributed by atoms with Gasteiger partial charge in [0.2, 0.25) is 5.95 Å². The van der Waals surface area contributed by atoms with Gasteiger partial charge >= 0.3 is 0 Å². The molecule has 0 aliphatic carbocycles. The quantitative estimate of drug-likeness (QED) is 0.822. The van der Waals surface area contributed by atoms with Crippen LogP contribution >= 0.6 is 0 Å². The van der Waals surface area contributed by atoms with Gasteiger partial charge in [0, 0.05) is 38.6 Å². The number of aromatic nitrogens is 2. The Kier molecular flexibility index (Phi) is 5.20. The number of ether oxygens (including phenoxy) is 2. The van der Waals surface area contributed by atoms with Crippen molar-refractivity contribution >= 4 is 5.95 Å². The fraction of sp³-hybridized carbons (Fsp3) is 0.500. The first-order valence-electron chi connectivity index (χ1n) is 9.37. The van der Waals surface area contributed by atoms with Gasteiger partial charge in [0.15, 0.2) is 11.5 Å². The average Bonchev–Trinajstić information content (AvgIpc) is 2.69. The second kappa shape index (κ2) is 7.91. The number of fused-ring (bicyclic) bond motifs is 1. The number of hydrogen-bond acceptors (Lipinski definition) is 6. The molecule has 4 rings (SSSR count). The molecule has 0 N–H and O–H groups in total. The van der Waals surface area contributed by atoms with Gasteiger partial charge in [-0.1, -0.05) is 12.1 Å². The van der Waals surface area contributed by atoms with E-state index in [9.17, 15) is 0 Å². The maximum atomic E-state index is 6.08. The molecule has 2 aliphatic rings. The molecule has 26 heavy (non-hydrogen) atoms. The lowest BCUT2D eigenvalue weighted by Crippen LogP contribution is -2.43. The third kappa shape index (κ3) is 4.07. The lowest BCUT2D eigenvalue weighted by Gasteiger charge is -2.35. The Morgan fingerprint density at radius 2 is 1.77 bits per heavy atom. The molecule has 0 spiro atoms. The Morgan fingerprint density at radius 3 is 2.54 bits per heavy atom. The highest BCUT2D eigenvalue weighted by Gasteiger charge is 2.25. The first kappa shape index (κ1) is 17.1. The predicted molar refractivity (Wildman–Crippen MR) is 101 cm³/mol. The molecule has 6 nitrogen and oxygen atoms in total. The number of hydrogen-bond donors (Lipinski definition) is 0. The molecule has 2 aromatic rings. The SMILES string of the molecule is CN(CC1CCN(c2ncccn2)CC1)CC1COc2ccccc2O1. The van der Waals surface area contributed by atoms with E-state index in [-0.39, 0.29) is 6.10 Å². The smallest absolute Gasteiger partial charge is 0.225 e. The summed E-state index contributed by atoms with van der Waals surface area (Å²) in [6.07, 6.45) is 6.06. The van der Waals surface area contributed by atoms with E-state index in [2.05, 4.69) is 26.8 Å². The van der Waals surface area contributed by atoms with E-state index in [1.54, 1.807) is 0 Å². The molecule has 0 amide bonds. The number of para-hydroxylation sites is 2. The van der Waals surface area contributed by atoms with Gasteiger partial charge in [-0.2, -0.15) is 0 Å². The van der Waals surface area contributed by atoms with Crippen LogP contribution in [0.1, 0.15) is 12.8 Å². The second-order valence-corrected chi connectivity index (χ2v) is 7.20. The summed E-state index contributed by atoms with van der Waals surface area (Å²) < 4.78 is 11.9. The van der Waals surface area contributed by atoms with Crippen molar-refractivity contribution in [2.24, 2.45) is 5.92 Å². The van der Waals surface area contributed by atoms with Crippen LogP contribution in [0.4, 0.5) is 5.95 Å². The molecule has 0 bridgehead atoms. The van der Waals surface area contributed by atoms with Crippen molar-refractivity contribution in [1.29, 1.82) is 0 Å². The van der Waals surface area contributed by atoms with Crippen LogP contribution in [-0.4, -0.2) is 60.8 Å². The Bertz CT molecular complexity index is 704. The van der Waals surface area contributed by atoms with E-state index in [1.807, 2.05) is 42.7 Å². The standard InChI is InChI=1S/C20H26N4O2/c1-23(14-17-15-25-18-5-2-3-6-19(18)26-17)13-16-7-11-24(12-8-16)20-21-9-4-10-22-20/h2-6,9-10,16-17H,7-8,11-15H2,1H3. The summed E-state index contributed by atoms with van der Waals surface area (Å²) in [6.45, 7) is 4.64. The van der Waals surface area contributed by atoms with Gasteiger partial charge in [-0.15, -0.1) is 0 Å². The summed E-state index contributed by atoms with van der Waals surface area (Å²) in [5, 5.41) is 0. The topological polar surface area (TPSA) is 50.7 Å². The summed E-state index contributed by atoms with van der Waals surface area (Å²) >= 11 is 0. The predicted octanol–water partition coefficient (Wildman–Crippen LogP) is 2.46. The second-order valence-electron chi connectivity index (χ2n) is 7.20. The van der Waals surface area contributed by atoms with E-state index in [1.165, 1.54) is 12.8 Å². The van der Waals surface area contributed by atoms with Crippen molar-refractivity contribution in [3.05, 3.63) is 42.7 Å². The van der Waals surface area contributed by atoms with Crippen LogP contribution in [0.2, 0.25) is 0 Å². The zero-order valence-corrected chi connectivity index (χ0v) is 15.3. The highest BCUT2D eigenvalue weighted by atomic mass is 16.6. The van der Waals surface area contributed by atoms with Crippen LogP contribution in [0.3, 0.4) is 0 Å². The molecule has 1 aromatic heterocycles. The van der Waals surface area contributed by atoms with Gasteiger partial charge in [-0.05, 0) is 44.0 Å². The van der Waals surface area contributed by atoms with E-state index in [4.69, 9.17) is 9.47 Å². The minimum absolute atomic E-state index is 0.0905. The molecular formula is C20H26N4O2. The van der Waals surface area contributed by atoms with Gasteiger partial charge in [0.1, 0.15) is 12.7 Å². The summed E-state index contributed by atoms with van der Waals surface area (Å²) in [5.74, 6) is 3.26. The van der Waals surface area contributed by atoms with Gasteiger partial charge in [-0.3, -0.25) is 0 Å². The maximum absolute atomic E-state index is 6.08. The van der Waals surface area contributed by atoms with Crippen molar-refractivity contribution in [1.82, 2.24) is 14.9 Å². The van der Waals surface area contributed by atoms with Crippen molar-refractivity contribution in [3.63, 3.8) is 0 Å². The third-order valence-electron chi connectivity index (χ3n) is 5.10. The largest absolute Gasteiger partial charge is 0.486 e. The lowest BCUT2D eigenvalue weighted by molar-refractivity contribution is 0.0606. The molecule has 138 valence electrons. The lowest BCUT2D eigenvalue weighted by atomic mass is 9.96. The van der Waals surface area contributed by atoms with Crippen LogP contribution in [0.25, 0.3) is 0 Å². The molecule has 2 aliphatic heterocycles. The molecule has 6 heteroatoms. The van der Waals surface area contributed by atoms with E-state index in [0.717, 1.165) is 43.6 Å². The monoisotopic (exact) mass is 354 g/mol. The van der Waals surface area contributed by atoms with E-state index in [0.29, 0.717) is 12.5 Å². The highest BCUT2D eigenvalue weighted by Crippen LogP contribution is 2.31. The average molecular weight is 354 g/mol. The molecule has 1 aromatic carbocycles. The highest BCUT2D eigenvalue weighted by molar-refractivity contribution is 5.40. The van der Waals surface area contributed by atoms with Gasteiger partial charge in [0.05, 0.1) is 0 Å². The van der Waals surface area contributed by atoms with Gasteiger partial charge in [0.25, 0.3) is 0 Å². The van der Waals surface area contributed by atoms with Crippen LogP contribution in [0.15, 0.2) is 42.7 Å². The Balaban J connectivity index is 1.23. The fourth-order valence-corrected chi connectivity index (χ4v) is 3.79. The summed E-state index contributed by atoms with van der Waals surface area (Å²) in [7, 11) is 2.18. The zero-order chi connectivity index (χ0) is 17.8. The van der Waals surface area contributed by atoms with E-state index < -0.39 is 0 Å². The first-order chi connectivity index (χ1) is 12.8. The number of anilines is 1. The van der Waals surface area contributed by atoms with E-state index >= 15 is 0 Å². The number of piperidine rings is 1. The van der Waals surface area contributed by atoms with Crippen LogP contribution in [-0.2, 0) is 0 Å². The molecule has 1 atom stereocenters. The van der Waals surface area contributed by atoms with Crippen molar-refractivity contribution in [2.45, 2.75) is 18.9 Å². The first-order valence-corrected chi connectivity index (χ1v) is 9.37. The van der Waals surface area contributed by atoms with Crippen LogP contribution < -0.4 is 14.4 Å². The third-order valence-corrected chi connectivity index (χ3v) is 5.10. The Labute approximate surface area is 154 Å². The minimum Gasteiger partial charge on any atom is -0.486 e. The van der Waals surface area contributed by atoms with Gasteiger partial charge < -0.3 is 19.3 Å². The molecule has 1 saturated heterocycles. The summed E-state index contributed by atoms with van der Waals surface area (Å²) in [4.78, 5) is 13.4. The number of rotatable bonds is 5. The molecule has 1 fully saturated rings. The number of nitrogens with zero attached hydrogens (tertiary/aromatic N) is 4. The normalized spacial score (nSPS) is 20.4. The van der Waals surface area contributed by atoms with Crippen molar-refractivity contribution in [2.75, 3.05) is 44.7 Å². The van der Waals surface area contributed by atoms with Crippen molar-refractivity contribution < 1.29 is 9.47 Å². The maximum Gasteiger partial charge on any atom is 0.225 e. The number of benzene rings is 1. The summed E-state index contributed by atoms with van der Waals surface area (Å²) in [5.41, 5.74) is 0. The molecule has 0 saturated carbocycles. The fourth-order valence-electron chi connectivity index (χ4n) is 3.79. The molecule has 3 heterocycles.